The fraction of sp³-hybridized carbons (Fsp3) is 0.120. The molecule has 1 unspecified atom stereocenters. The van der Waals surface area contributed by atoms with Crippen molar-refractivity contribution in [2.75, 3.05) is 0 Å². The Hall–Kier alpha value is -2.89. The van der Waals surface area contributed by atoms with Gasteiger partial charge in [0, 0.05) is 15.6 Å². The summed E-state index contributed by atoms with van der Waals surface area (Å²) in [5.74, 6) is 0.269. The van der Waals surface area contributed by atoms with Crippen molar-refractivity contribution in [3.05, 3.63) is 124 Å². The van der Waals surface area contributed by atoms with E-state index >= 15 is 0 Å². The Morgan fingerprint density at radius 2 is 1.50 bits per heavy atom. The lowest BCUT2D eigenvalue weighted by Crippen LogP contribution is -2.35. The molecular weight excluding hydrogens is 445 g/mol. The number of allylic oxidation sites excluding steroid dienone is 2. The molecule has 3 nitrogen and oxygen atoms in total. The van der Waals surface area contributed by atoms with Gasteiger partial charge in [-0.25, -0.2) is 4.39 Å². The van der Waals surface area contributed by atoms with Gasteiger partial charge in [0.1, 0.15) is 12.4 Å². The molecule has 0 saturated carbocycles. The van der Waals surface area contributed by atoms with Gasteiger partial charge in [-0.1, -0.05) is 82.7 Å². The van der Waals surface area contributed by atoms with Gasteiger partial charge in [0.05, 0.1) is 6.61 Å². The van der Waals surface area contributed by atoms with Gasteiger partial charge in [0.15, 0.2) is 12.1 Å². The van der Waals surface area contributed by atoms with Crippen LogP contribution in [0.2, 0.25) is 0 Å². The van der Waals surface area contributed by atoms with E-state index in [-0.39, 0.29) is 5.82 Å². The maximum atomic E-state index is 14.6. The SMILES string of the molecule is Fc1cc(Br)ccc1C1=CC=C(OCc2ccccc2)NC1OCc1ccccc1. The van der Waals surface area contributed by atoms with Crippen LogP contribution in [0.15, 0.2) is 101 Å². The van der Waals surface area contributed by atoms with Crippen LogP contribution in [0.1, 0.15) is 16.7 Å². The first-order valence-corrected chi connectivity index (χ1v) is 10.4. The monoisotopic (exact) mass is 465 g/mol. The largest absolute Gasteiger partial charge is 0.474 e. The Kier molecular flexibility index (Phi) is 6.62. The zero-order chi connectivity index (χ0) is 20.8. The normalized spacial score (nSPS) is 15.7. The highest BCUT2D eigenvalue weighted by Crippen LogP contribution is 2.28. The smallest absolute Gasteiger partial charge is 0.189 e. The number of hydrogen-bond donors (Lipinski definition) is 1. The average molecular weight is 466 g/mol. The Morgan fingerprint density at radius 1 is 0.833 bits per heavy atom. The summed E-state index contributed by atoms with van der Waals surface area (Å²) in [6, 6.07) is 24.8. The van der Waals surface area contributed by atoms with Crippen molar-refractivity contribution in [2.45, 2.75) is 19.4 Å². The molecule has 0 aliphatic carbocycles. The number of rotatable bonds is 7. The van der Waals surface area contributed by atoms with Crippen LogP contribution >= 0.6 is 15.9 Å². The van der Waals surface area contributed by atoms with Crippen molar-refractivity contribution < 1.29 is 13.9 Å². The van der Waals surface area contributed by atoms with Gasteiger partial charge in [-0.3, -0.25) is 0 Å². The summed E-state index contributed by atoms with van der Waals surface area (Å²) >= 11 is 3.31. The predicted molar refractivity (Wildman–Crippen MR) is 120 cm³/mol. The van der Waals surface area contributed by atoms with Crippen molar-refractivity contribution in [2.24, 2.45) is 0 Å². The van der Waals surface area contributed by atoms with Crippen LogP contribution in [-0.4, -0.2) is 6.23 Å². The summed E-state index contributed by atoms with van der Waals surface area (Å²) in [6.45, 7) is 0.820. The summed E-state index contributed by atoms with van der Waals surface area (Å²) in [4.78, 5) is 0. The van der Waals surface area contributed by atoms with Crippen LogP contribution in [0.3, 0.4) is 0 Å². The number of ether oxygens (including phenoxy) is 2. The third-order valence-corrected chi connectivity index (χ3v) is 5.20. The number of benzene rings is 3. The average Bonchev–Trinajstić information content (AvgIpc) is 2.78. The number of nitrogens with one attached hydrogen (secondary N) is 1. The maximum absolute atomic E-state index is 14.6. The summed E-state index contributed by atoms with van der Waals surface area (Å²) in [6.07, 6.45) is 3.11. The van der Waals surface area contributed by atoms with E-state index < -0.39 is 6.23 Å². The molecule has 0 amide bonds. The second kappa shape index (κ2) is 9.74. The predicted octanol–water partition coefficient (Wildman–Crippen LogP) is 6.18. The number of hydrogen-bond acceptors (Lipinski definition) is 3. The zero-order valence-electron chi connectivity index (χ0n) is 16.2. The van der Waals surface area contributed by atoms with E-state index in [2.05, 4.69) is 21.2 Å². The van der Waals surface area contributed by atoms with Gasteiger partial charge in [-0.15, -0.1) is 0 Å². The summed E-state index contributed by atoms with van der Waals surface area (Å²) in [7, 11) is 0. The van der Waals surface area contributed by atoms with E-state index in [9.17, 15) is 4.39 Å². The summed E-state index contributed by atoms with van der Waals surface area (Å²) in [5, 5.41) is 3.25. The molecule has 0 spiro atoms. The molecule has 1 aliphatic heterocycles. The Bertz CT molecular complexity index is 1050. The minimum Gasteiger partial charge on any atom is -0.474 e. The van der Waals surface area contributed by atoms with Crippen LogP contribution in [-0.2, 0) is 22.7 Å². The van der Waals surface area contributed by atoms with Crippen LogP contribution in [0.25, 0.3) is 5.57 Å². The summed E-state index contributed by atoms with van der Waals surface area (Å²) < 4.78 is 27.4. The quantitative estimate of drug-likeness (QED) is 0.452. The lowest BCUT2D eigenvalue weighted by Gasteiger charge is -2.28. The molecule has 0 aromatic heterocycles. The number of halogens is 2. The highest BCUT2D eigenvalue weighted by Gasteiger charge is 2.24. The molecule has 1 heterocycles. The third-order valence-electron chi connectivity index (χ3n) is 4.71. The molecule has 5 heteroatoms. The van der Waals surface area contributed by atoms with Gasteiger partial charge in [0.25, 0.3) is 0 Å². The Labute approximate surface area is 184 Å². The molecule has 3 aromatic carbocycles. The van der Waals surface area contributed by atoms with Crippen molar-refractivity contribution >= 4 is 21.5 Å². The molecule has 4 rings (SSSR count). The standard InChI is InChI=1S/C25H21BrFNO2/c26-20-11-12-21(23(27)15-20)22-13-14-24(29-16-18-7-3-1-4-8-18)28-25(22)30-17-19-9-5-2-6-10-19/h1-15,25,28H,16-17H2. The highest BCUT2D eigenvalue weighted by atomic mass is 79.9. The van der Waals surface area contributed by atoms with Gasteiger partial charge >= 0.3 is 0 Å². The van der Waals surface area contributed by atoms with Gasteiger partial charge in [-0.2, -0.15) is 0 Å². The van der Waals surface area contributed by atoms with Crippen LogP contribution < -0.4 is 5.32 Å². The first-order valence-electron chi connectivity index (χ1n) is 9.65. The maximum Gasteiger partial charge on any atom is 0.189 e. The fourth-order valence-corrected chi connectivity index (χ4v) is 3.51. The van der Waals surface area contributed by atoms with Gasteiger partial charge in [-0.05, 0) is 35.4 Å². The van der Waals surface area contributed by atoms with Crippen LogP contribution in [0.5, 0.6) is 0 Å². The first-order chi connectivity index (χ1) is 14.7. The van der Waals surface area contributed by atoms with Crippen molar-refractivity contribution in [1.29, 1.82) is 0 Å². The van der Waals surface area contributed by atoms with Crippen molar-refractivity contribution in [3.63, 3.8) is 0 Å². The molecule has 0 saturated heterocycles. The molecule has 1 N–H and O–H groups in total. The van der Waals surface area contributed by atoms with E-state index in [1.165, 1.54) is 6.07 Å². The molecule has 1 aliphatic rings. The van der Waals surface area contributed by atoms with Crippen molar-refractivity contribution in [3.8, 4) is 0 Å². The zero-order valence-corrected chi connectivity index (χ0v) is 17.8. The molecule has 0 fully saturated rings. The number of dihydropyridines is 1. The van der Waals surface area contributed by atoms with E-state index in [0.29, 0.717) is 34.7 Å². The molecule has 1 atom stereocenters. The molecule has 0 bridgehead atoms. The molecule has 152 valence electrons. The van der Waals surface area contributed by atoms with E-state index in [1.54, 1.807) is 6.07 Å². The van der Waals surface area contributed by atoms with Crippen LogP contribution in [0.4, 0.5) is 4.39 Å². The minimum absolute atomic E-state index is 0.312. The fourth-order valence-electron chi connectivity index (χ4n) is 3.17. The minimum atomic E-state index is -0.545. The highest BCUT2D eigenvalue weighted by molar-refractivity contribution is 9.10. The first kappa shape index (κ1) is 20.4. The van der Waals surface area contributed by atoms with Crippen molar-refractivity contribution in [1.82, 2.24) is 5.32 Å². The van der Waals surface area contributed by atoms with E-state index in [0.717, 1.165) is 11.1 Å². The molecule has 3 aromatic rings. The second-order valence-electron chi connectivity index (χ2n) is 6.87. The second-order valence-corrected chi connectivity index (χ2v) is 7.79. The van der Waals surface area contributed by atoms with Gasteiger partial charge < -0.3 is 14.8 Å². The molecule has 30 heavy (non-hydrogen) atoms. The molecular formula is C25H21BrFNO2. The van der Waals surface area contributed by atoms with Crippen LogP contribution in [0, 0.1) is 5.82 Å². The Balaban J connectivity index is 1.54. The lowest BCUT2D eigenvalue weighted by atomic mass is 10.0. The van der Waals surface area contributed by atoms with E-state index in [1.807, 2.05) is 78.9 Å². The molecule has 0 radical (unpaired) electrons. The van der Waals surface area contributed by atoms with Gasteiger partial charge in [0.2, 0.25) is 0 Å². The lowest BCUT2D eigenvalue weighted by molar-refractivity contribution is 0.0411. The third kappa shape index (κ3) is 5.17. The topological polar surface area (TPSA) is 30.5 Å². The van der Waals surface area contributed by atoms with E-state index in [4.69, 9.17) is 9.47 Å². The summed E-state index contributed by atoms with van der Waals surface area (Å²) in [5.41, 5.74) is 3.30. The Morgan fingerprint density at radius 3 is 2.17 bits per heavy atom.